The lowest BCUT2D eigenvalue weighted by atomic mass is 10.1. The molecule has 0 fully saturated rings. The fourth-order valence-electron chi connectivity index (χ4n) is 2.21. The Labute approximate surface area is 123 Å². The van der Waals surface area contributed by atoms with Crippen LogP contribution in [0.3, 0.4) is 0 Å². The van der Waals surface area contributed by atoms with Crippen molar-refractivity contribution in [3.05, 3.63) is 34.2 Å². The third-order valence-electron chi connectivity index (χ3n) is 3.35. The van der Waals surface area contributed by atoms with Gasteiger partial charge in [0.2, 0.25) is 0 Å². The van der Waals surface area contributed by atoms with Crippen LogP contribution >= 0.6 is 0 Å². The largest absolute Gasteiger partial charge is 0.431 e. The molecule has 0 aliphatic carbocycles. The summed E-state index contributed by atoms with van der Waals surface area (Å²) in [4.78, 5) is 11.6. The van der Waals surface area contributed by atoms with Gasteiger partial charge in [0.15, 0.2) is 0 Å². The van der Waals surface area contributed by atoms with Crippen LogP contribution in [-0.4, -0.2) is 17.2 Å². The summed E-state index contributed by atoms with van der Waals surface area (Å²) in [6.07, 6.45) is -1.19. The first-order chi connectivity index (χ1) is 9.86. The topological polar surface area (TPSA) is 34.0 Å². The van der Waals surface area contributed by atoms with E-state index in [0.717, 1.165) is 42.5 Å². The molecule has 0 aliphatic rings. The van der Waals surface area contributed by atoms with E-state index in [1.54, 1.807) is 0 Å². The molecular formula is C15H23F3N2O. The van der Waals surface area contributed by atoms with Crippen molar-refractivity contribution in [3.8, 4) is 0 Å². The summed E-state index contributed by atoms with van der Waals surface area (Å²) < 4.78 is 39.3. The zero-order chi connectivity index (χ0) is 15.9. The summed E-state index contributed by atoms with van der Waals surface area (Å²) in [6.45, 7) is 5.19. The zero-order valence-corrected chi connectivity index (χ0v) is 12.5. The van der Waals surface area contributed by atoms with Crippen molar-refractivity contribution in [2.75, 3.05) is 6.54 Å². The number of nitrogens with zero attached hydrogens (tertiary/aromatic N) is 1. The monoisotopic (exact) mass is 304 g/mol. The van der Waals surface area contributed by atoms with E-state index in [0.29, 0.717) is 12.5 Å². The van der Waals surface area contributed by atoms with Crippen LogP contribution in [0.4, 0.5) is 13.2 Å². The van der Waals surface area contributed by atoms with Crippen LogP contribution in [0.5, 0.6) is 0 Å². The summed E-state index contributed by atoms with van der Waals surface area (Å²) >= 11 is 0. The van der Waals surface area contributed by atoms with Gasteiger partial charge < -0.3 is 9.88 Å². The number of alkyl halides is 3. The Balaban J connectivity index is 2.54. The van der Waals surface area contributed by atoms with Crippen LogP contribution < -0.4 is 10.9 Å². The van der Waals surface area contributed by atoms with Crippen molar-refractivity contribution in [1.82, 2.24) is 9.88 Å². The molecule has 1 unspecified atom stereocenters. The second-order valence-corrected chi connectivity index (χ2v) is 5.25. The highest BCUT2D eigenvalue weighted by molar-refractivity contribution is 5.10. The summed E-state index contributed by atoms with van der Waals surface area (Å²) in [5.41, 5.74) is -1.46. The van der Waals surface area contributed by atoms with Crippen molar-refractivity contribution < 1.29 is 13.2 Å². The van der Waals surface area contributed by atoms with Gasteiger partial charge in [0.25, 0.3) is 5.56 Å². The molecule has 0 bridgehead atoms. The molecule has 0 aromatic carbocycles. The van der Waals surface area contributed by atoms with Crippen LogP contribution in [-0.2, 0) is 12.7 Å². The molecule has 0 aliphatic heterocycles. The number of hydrogen-bond donors (Lipinski definition) is 1. The Bertz CT molecular complexity index is 483. The third-order valence-corrected chi connectivity index (χ3v) is 3.35. The SMILES string of the molecule is CCCNC(C)CCCCn1c(C(F)(F)F)cccc1=O. The van der Waals surface area contributed by atoms with Crippen molar-refractivity contribution >= 4 is 0 Å². The van der Waals surface area contributed by atoms with Gasteiger partial charge in [0.05, 0.1) is 0 Å². The van der Waals surface area contributed by atoms with Gasteiger partial charge in [-0.25, -0.2) is 0 Å². The molecule has 1 heterocycles. The quantitative estimate of drug-likeness (QED) is 0.747. The van der Waals surface area contributed by atoms with Gasteiger partial charge in [-0.05, 0) is 38.8 Å². The molecule has 0 saturated heterocycles. The van der Waals surface area contributed by atoms with Gasteiger partial charge in [0.1, 0.15) is 5.69 Å². The van der Waals surface area contributed by atoms with Crippen molar-refractivity contribution in [2.45, 2.75) is 58.3 Å². The van der Waals surface area contributed by atoms with Crippen LogP contribution in [0.1, 0.15) is 45.2 Å². The Kier molecular flexibility index (Phi) is 6.95. The van der Waals surface area contributed by atoms with E-state index in [4.69, 9.17) is 0 Å². The standard InChI is InChI=1S/C15H23F3N2O/c1-3-10-19-12(2)7-4-5-11-20-13(15(16,17)18)8-6-9-14(20)21/h6,8-9,12,19H,3-5,7,10-11H2,1-2H3. The minimum absolute atomic E-state index is 0.106. The van der Waals surface area contributed by atoms with Crippen molar-refractivity contribution in [3.63, 3.8) is 0 Å². The van der Waals surface area contributed by atoms with Crippen molar-refractivity contribution in [1.29, 1.82) is 0 Å². The predicted octanol–water partition coefficient (Wildman–Crippen LogP) is 3.43. The van der Waals surface area contributed by atoms with Gasteiger partial charge in [-0.2, -0.15) is 13.2 Å². The number of rotatable bonds is 8. The van der Waals surface area contributed by atoms with Gasteiger partial charge >= 0.3 is 6.18 Å². The van der Waals surface area contributed by atoms with Crippen LogP contribution in [0.2, 0.25) is 0 Å². The first kappa shape index (κ1) is 17.8. The Morgan fingerprint density at radius 1 is 1.29 bits per heavy atom. The molecule has 1 aromatic rings. The molecule has 1 aromatic heterocycles. The minimum atomic E-state index is -4.49. The molecule has 1 atom stereocenters. The fourth-order valence-corrected chi connectivity index (χ4v) is 2.21. The van der Waals surface area contributed by atoms with Gasteiger partial charge in [-0.15, -0.1) is 0 Å². The Morgan fingerprint density at radius 3 is 2.62 bits per heavy atom. The summed E-state index contributed by atoms with van der Waals surface area (Å²) in [5.74, 6) is 0. The summed E-state index contributed by atoms with van der Waals surface area (Å²) in [7, 11) is 0. The Morgan fingerprint density at radius 2 is 2.00 bits per heavy atom. The first-order valence-corrected chi connectivity index (χ1v) is 7.36. The number of aromatic nitrogens is 1. The lowest BCUT2D eigenvalue weighted by Crippen LogP contribution is -2.28. The number of unbranched alkanes of at least 4 members (excludes halogenated alkanes) is 1. The van der Waals surface area contributed by atoms with E-state index in [9.17, 15) is 18.0 Å². The van der Waals surface area contributed by atoms with E-state index in [-0.39, 0.29) is 6.54 Å². The molecule has 0 spiro atoms. The maximum Gasteiger partial charge on any atom is 0.431 e. The van der Waals surface area contributed by atoms with Crippen LogP contribution in [0.15, 0.2) is 23.0 Å². The Hall–Kier alpha value is -1.30. The molecule has 0 radical (unpaired) electrons. The molecule has 1 rings (SSSR count). The highest BCUT2D eigenvalue weighted by atomic mass is 19.4. The average molecular weight is 304 g/mol. The average Bonchev–Trinajstić information content (AvgIpc) is 2.41. The summed E-state index contributed by atoms with van der Waals surface area (Å²) in [5, 5.41) is 3.33. The van der Waals surface area contributed by atoms with Gasteiger partial charge in [-0.1, -0.05) is 19.4 Å². The lowest BCUT2D eigenvalue weighted by molar-refractivity contribution is -0.144. The molecule has 0 saturated carbocycles. The summed E-state index contributed by atoms with van der Waals surface area (Å²) in [6, 6.07) is 3.62. The first-order valence-electron chi connectivity index (χ1n) is 7.36. The molecule has 120 valence electrons. The second-order valence-electron chi connectivity index (χ2n) is 5.25. The third kappa shape index (κ3) is 5.91. The van der Waals surface area contributed by atoms with Crippen LogP contribution in [0.25, 0.3) is 0 Å². The fraction of sp³-hybridized carbons (Fsp3) is 0.667. The smallest absolute Gasteiger partial charge is 0.314 e. The lowest BCUT2D eigenvalue weighted by Gasteiger charge is -2.16. The zero-order valence-electron chi connectivity index (χ0n) is 12.5. The number of hydrogen-bond acceptors (Lipinski definition) is 2. The van der Waals surface area contributed by atoms with Crippen LogP contribution in [0, 0.1) is 0 Å². The molecule has 6 heteroatoms. The number of pyridine rings is 1. The van der Waals surface area contributed by atoms with E-state index >= 15 is 0 Å². The second kappa shape index (κ2) is 8.22. The molecule has 0 amide bonds. The van der Waals surface area contributed by atoms with E-state index in [1.165, 1.54) is 6.07 Å². The highest BCUT2D eigenvalue weighted by Crippen LogP contribution is 2.28. The molecule has 1 N–H and O–H groups in total. The van der Waals surface area contributed by atoms with E-state index in [2.05, 4.69) is 19.2 Å². The van der Waals surface area contributed by atoms with Gasteiger partial charge in [0, 0.05) is 18.7 Å². The maximum atomic E-state index is 12.8. The molecular weight excluding hydrogens is 281 g/mol. The minimum Gasteiger partial charge on any atom is -0.314 e. The van der Waals surface area contributed by atoms with Gasteiger partial charge in [-0.3, -0.25) is 4.79 Å². The maximum absolute atomic E-state index is 12.8. The molecule has 3 nitrogen and oxygen atoms in total. The van der Waals surface area contributed by atoms with E-state index in [1.807, 2.05) is 0 Å². The van der Waals surface area contributed by atoms with E-state index < -0.39 is 17.4 Å². The normalized spacial score (nSPS) is 13.4. The highest BCUT2D eigenvalue weighted by Gasteiger charge is 2.33. The molecule has 21 heavy (non-hydrogen) atoms. The number of nitrogens with one attached hydrogen (secondary N) is 1. The number of halogens is 3. The predicted molar refractivity (Wildman–Crippen MR) is 77.3 cm³/mol. The van der Waals surface area contributed by atoms with Crippen molar-refractivity contribution in [2.24, 2.45) is 0 Å².